The molecule has 1 aromatic carbocycles. The Hall–Kier alpha value is -2.00. The van der Waals surface area contributed by atoms with Crippen molar-refractivity contribution in [2.75, 3.05) is 52.3 Å². The van der Waals surface area contributed by atoms with Crippen LogP contribution in [0.15, 0.2) is 24.3 Å². The zero-order valence-corrected chi connectivity index (χ0v) is 15.6. The molecule has 1 N–H and O–H groups in total. The van der Waals surface area contributed by atoms with Crippen molar-refractivity contribution in [3.8, 4) is 5.75 Å². The van der Waals surface area contributed by atoms with Crippen LogP contribution < -0.4 is 10.1 Å². The molecule has 0 saturated carbocycles. The number of alkyl halides is 3. The van der Waals surface area contributed by atoms with E-state index in [4.69, 9.17) is 9.47 Å². The summed E-state index contributed by atoms with van der Waals surface area (Å²) in [6.45, 7) is 1.43. The van der Waals surface area contributed by atoms with Crippen LogP contribution in [0.5, 0.6) is 5.75 Å². The molecule has 1 aliphatic rings. The topological polar surface area (TPSA) is 54.0 Å². The van der Waals surface area contributed by atoms with Gasteiger partial charge >= 0.3 is 12.2 Å². The normalized spacial score (nSPS) is 17.4. The number of benzene rings is 1. The van der Waals surface area contributed by atoms with Crippen LogP contribution in [0.2, 0.25) is 0 Å². The van der Waals surface area contributed by atoms with E-state index in [9.17, 15) is 18.0 Å². The predicted molar refractivity (Wildman–Crippen MR) is 96.1 cm³/mol. The molecule has 9 heteroatoms. The van der Waals surface area contributed by atoms with Gasteiger partial charge in [-0.15, -0.1) is 0 Å². The maximum atomic E-state index is 12.6. The van der Waals surface area contributed by atoms with E-state index in [0.717, 1.165) is 25.9 Å². The number of carbonyl (C=O) groups excluding carboxylic acids is 1. The summed E-state index contributed by atoms with van der Waals surface area (Å²) in [7, 11) is 3.63. The molecule has 6 nitrogen and oxygen atoms in total. The largest absolute Gasteiger partial charge is 0.484 e. The summed E-state index contributed by atoms with van der Waals surface area (Å²) in [5.74, 6) is 0.0578. The first kappa shape index (κ1) is 21.3. The number of likely N-dealkylation sites (N-methyl/N-ethyl adjacent to an activating group) is 1. The van der Waals surface area contributed by atoms with Crippen LogP contribution >= 0.6 is 0 Å². The first-order chi connectivity index (χ1) is 12.8. The van der Waals surface area contributed by atoms with Crippen LogP contribution in [0.1, 0.15) is 12.8 Å². The Kier molecular flexibility index (Phi) is 7.73. The Bertz CT molecular complexity index is 613. The lowest BCUT2D eigenvalue weighted by Gasteiger charge is -2.28. The van der Waals surface area contributed by atoms with Gasteiger partial charge in [0.05, 0.1) is 6.61 Å². The lowest BCUT2D eigenvalue weighted by atomic mass is 10.2. The smallest absolute Gasteiger partial charge is 0.422 e. The van der Waals surface area contributed by atoms with Gasteiger partial charge in [0, 0.05) is 44.5 Å². The van der Waals surface area contributed by atoms with E-state index < -0.39 is 12.8 Å². The van der Waals surface area contributed by atoms with Crippen LogP contribution in [0, 0.1) is 0 Å². The fraction of sp³-hybridized carbons (Fsp3) is 0.611. The van der Waals surface area contributed by atoms with Crippen molar-refractivity contribution in [2.45, 2.75) is 25.1 Å². The van der Waals surface area contributed by atoms with E-state index in [-0.39, 0.29) is 17.8 Å². The predicted octanol–water partition coefficient (Wildman–Crippen LogP) is 3.20. The molecule has 1 aromatic rings. The van der Waals surface area contributed by atoms with E-state index in [1.54, 1.807) is 24.1 Å². The van der Waals surface area contributed by atoms with Crippen molar-refractivity contribution in [3.63, 3.8) is 0 Å². The van der Waals surface area contributed by atoms with Crippen LogP contribution in [0.25, 0.3) is 0 Å². The van der Waals surface area contributed by atoms with E-state index in [1.165, 1.54) is 12.1 Å². The van der Waals surface area contributed by atoms with Crippen molar-refractivity contribution in [1.82, 2.24) is 9.80 Å². The van der Waals surface area contributed by atoms with Crippen LogP contribution in [0.3, 0.4) is 0 Å². The minimum Gasteiger partial charge on any atom is -0.484 e. The number of halogens is 3. The van der Waals surface area contributed by atoms with Crippen LogP contribution in [-0.2, 0) is 4.74 Å². The second-order valence-electron chi connectivity index (χ2n) is 6.61. The van der Waals surface area contributed by atoms with Gasteiger partial charge in [-0.2, -0.15) is 13.2 Å². The Morgan fingerprint density at radius 2 is 2.19 bits per heavy atom. The van der Waals surface area contributed by atoms with Crippen molar-refractivity contribution >= 4 is 11.7 Å². The lowest BCUT2D eigenvalue weighted by molar-refractivity contribution is -0.153. The van der Waals surface area contributed by atoms with Crippen molar-refractivity contribution < 1.29 is 27.4 Å². The molecular formula is C18H26F3N3O3. The minimum atomic E-state index is -4.41. The number of ether oxygens (including phenoxy) is 2. The van der Waals surface area contributed by atoms with Gasteiger partial charge in [-0.05, 0) is 32.0 Å². The summed E-state index contributed by atoms with van der Waals surface area (Å²) in [5.41, 5.74) is 0.401. The van der Waals surface area contributed by atoms with Gasteiger partial charge in [0.25, 0.3) is 0 Å². The molecule has 27 heavy (non-hydrogen) atoms. The summed E-state index contributed by atoms with van der Waals surface area (Å²) in [6.07, 6.45) is -2.57. The number of hydrogen-bond donors (Lipinski definition) is 1. The highest BCUT2D eigenvalue weighted by molar-refractivity contribution is 5.90. The molecular weight excluding hydrogens is 363 g/mol. The van der Waals surface area contributed by atoms with E-state index >= 15 is 0 Å². The molecule has 1 atom stereocenters. The van der Waals surface area contributed by atoms with Gasteiger partial charge in [0.15, 0.2) is 6.61 Å². The van der Waals surface area contributed by atoms with Gasteiger partial charge in [-0.25, -0.2) is 4.79 Å². The van der Waals surface area contributed by atoms with Crippen LogP contribution in [-0.4, -0.2) is 75.1 Å². The molecule has 2 rings (SSSR count). The van der Waals surface area contributed by atoms with Crippen molar-refractivity contribution in [2.24, 2.45) is 0 Å². The fourth-order valence-electron chi connectivity index (χ4n) is 3.02. The molecule has 0 radical (unpaired) electrons. The maximum Gasteiger partial charge on any atom is 0.422 e. The number of nitrogens with one attached hydrogen (secondary N) is 1. The Labute approximate surface area is 157 Å². The number of amides is 2. The fourth-order valence-corrected chi connectivity index (χ4v) is 3.02. The zero-order chi connectivity index (χ0) is 19.9. The lowest BCUT2D eigenvalue weighted by Crippen LogP contribution is -2.44. The highest BCUT2D eigenvalue weighted by Crippen LogP contribution is 2.23. The summed E-state index contributed by atoms with van der Waals surface area (Å²) in [6, 6.07) is 5.81. The number of hydrogen-bond acceptors (Lipinski definition) is 4. The SMILES string of the molecule is COCCN(C)CC1CCCN1C(=O)Nc1cccc(OCC(F)(F)F)c1. The maximum absolute atomic E-state index is 12.6. The summed E-state index contributed by atoms with van der Waals surface area (Å²) < 4.78 is 46.6. The van der Waals surface area contributed by atoms with Gasteiger partial charge in [0.1, 0.15) is 5.75 Å². The molecule has 0 bridgehead atoms. The molecule has 2 amide bonds. The Morgan fingerprint density at radius 3 is 2.89 bits per heavy atom. The third-order valence-electron chi connectivity index (χ3n) is 4.33. The van der Waals surface area contributed by atoms with Gasteiger partial charge in [0.2, 0.25) is 0 Å². The number of anilines is 1. The second-order valence-corrected chi connectivity index (χ2v) is 6.61. The Morgan fingerprint density at radius 1 is 1.41 bits per heavy atom. The average molecular weight is 389 g/mol. The number of methoxy groups -OCH3 is 1. The summed E-state index contributed by atoms with van der Waals surface area (Å²) in [5, 5.41) is 2.75. The molecule has 1 fully saturated rings. The molecule has 1 unspecified atom stereocenters. The first-order valence-electron chi connectivity index (χ1n) is 8.83. The first-order valence-corrected chi connectivity index (χ1v) is 8.83. The third-order valence-corrected chi connectivity index (χ3v) is 4.33. The summed E-state index contributed by atoms with van der Waals surface area (Å²) in [4.78, 5) is 16.5. The molecule has 152 valence electrons. The molecule has 0 aromatic heterocycles. The highest BCUT2D eigenvalue weighted by atomic mass is 19.4. The highest BCUT2D eigenvalue weighted by Gasteiger charge is 2.30. The number of likely N-dealkylation sites (tertiary alicyclic amines) is 1. The zero-order valence-electron chi connectivity index (χ0n) is 15.6. The number of urea groups is 1. The van der Waals surface area contributed by atoms with Crippen molar-refractivity contribution in [3.05, 3.63) is 24.3 Å². The number of rotatable bonds is 8. The van der Waals surface area contributed by atoms with E-state index in [0.29, 0.717) is 18.8 Å². The monoisotopic (exact) mass is 389 g/mol. The van der Waals surface area contributed by atoms with Crippen LogP contribution in [0.4, 0.5) is 23.7 Å². The third kappa shape index (κ3) is 7.26. The van der Waals surface area contributed by atoms with Gasteiger partial charge in [-0.3, -0.25) is 0 Å². The van der Waals surface area contributed by atoms with E-state index in [1.807, 2.05) is 7.05 Å². The molecule has 1 aliphatic heterocycles. The average Bonchev–Trinajstić information content (AvgIpc) is 3.06. The molecule has 1 saturated heterocycles. The number of carbonyl (C=O) groups is 1. The van der Waals surface area contributed by atoms with E-state index in [2.05, 4.69) is 10.2 Å². The molecule has 1 heterocycles. The van der Waals surface area contributed by atoms with Gasteiger partial charge < -0.3 is 24.6 Å². The minimum absolute atomic E-state index is 0.0578. The van der Waals surface area contributed by atoms with Gasteiger partial charge in [-0.1, -0.05) is 6.07 Å². The molecule has 0 aliphatic carbocycles. The second kappa shape index (κ2) is 9.80. The number of nitrogens with zero attached hydrogens (tertiary/aromatic N) is 2. The summed E-state index contributed by atoms with van der Waals surface area (Å²) >= 11 is 0. The standard InChI is InChI=1S/C18H26F3N3O3/c1-23(9-10-26-2)12-15-6-4-8-24(15)17(25)22-14-5-3-7-16(11-14)27-13-18(19,20)21/h3,5,7,11,15H,4,6,8-10,12-13H2,1-2H3,(H,22,25). The Balaban J connectivity index is 1.91. The molecule has 0 spiro atoms. The van der Waals surface area contributed by atoms with Crippen molar-refractivity contribution in [1.29, 1.82) is 0 Å². The quantitative estimate of drug-likeness (QED) is 0.742.